The minimum atomic E-state index is -0.642. The quantitative estimate of drug-likeness (QED) is 0.641. The van der Waals surface area contributed by atoms with E-state index in [1.807, 2.05) is 0 Å². The first-order valence-corrected chi connectivity index (χ1v) is 11.9. The third-order valence-corrected chi connectivity index (χ3v) is 9.62. The van der Waals surface area contributed by atoms with Crippen molar-refractivity contribution in [3.63, 3.8) is 0 Å². The van der Waals surface area contributed by atoms with E-state index in [0.29, 0.717) is 0 Å². The zero-order chi connectivity index (χ0) is 3.70. The summed E-state index contributed by atoms with van der Waals surface area (Å²) in [7, 11) is 5.62. The van der Waals surface area contributed by atoms with Crippen molar-refractivity contribution in [3.05, 3.63) is 0 Å². The molecule has 0 heterocycles. The van der Waals surface area contributed by atoms with Crippen molar-refractivity contribution in [1.82, 2.24) is 0 Å². The van der Waals surface area contributed by atoms with Crippen molar-refractivity contribution < 1.29 is 23.3 Å². The summed E-state index contributed by atoms with van der Waals surface area (Å²) in [6.45, 7) is 0. The predicted molar refractivity (Wildman–Crippen MR) is 18.8 cm³/mol. The predicted octanol–water partition coefficient (Wildman–Crippen LogP) is 1.80. The number of halogens is 1. The van der Waals surface area contributed by atoms with Gasteiger partial charge in [-0.2, -0.15) is 0 Å². The second kappa shape index (κ2) is 1.79. The Morgan fingerprint density at radius 3 is 2.20 bits per heavy atom. The molecule has 26 valence electrons. The van der Waals surface area contributed by atoms with Crippen LogP contribution in [0.25, 0.3) is 0 Å². The van der Waals surface area contributed by atoms with Gasteiger partial charge >= 0.3 is 47.9 Å². The summed E-state index contributed by atoms with van der Waals surface area (Å²) in [5, 5.41) is 0. The second-order valence-corrected chi connectivity index (χ2v) is 9.99. The van der Waals surface area contributed by atoms with Gasteiger partial charge in [-0.15, -0.1) is 0 Å². The van der Waals surface area contributed by atoms with Crippen molar-refractivity contribution in [2.45, 2.75) is 16.3 Å². The molecule has 0 radical (unpaired) electrons. The third-order valence-electron chi connectivity index (χ3n) is 0.915. The van der Waals surface area contributed by atoms with E-state index in [1.54, 1.807) is 0 Å². The minimum absolute atomic E-state index is 0.642. The van der Waals surface area contributed by atoms with Gasteiger partial charge in [0.2, 0.25) is 0 Å². The molecule has 1 rings (SSSR count). The zero-order valence-electron chi connectivity index (χ0n) is 3.08. The molecule has 1 fully saturated rings. The normalized spacial score (nSPS) is 21.8. The molecule has 0 saturated heterocycles. The SMILES string of the molecule is [Cl][Hg][CH]1CC1. The molecule has 0 bridgehead atoms. The summed E-state index contributed by atoms with van der Waals surface area (Å²) < 4.78 is 1.12. The molecule has 2 heteroatoms. The monoisotopic (exact) mass is 278 g/mol. The Morgan fingerprint density at radius 1 is 1.60 bits per heavy atom. The third kappa shape index (κ3) is 1.40. The van der Waals surface area contributed by atoms with Gasteiger partial charge in [0, 0.05) is 0 Å². The molecule has 1 aliphatic rings. The van der Waals surface area contributed by atoms with E-state index in [9.17, 15) is 0 Å². The van der Waals surface area contributed by atoms with Crippen LogP contribution >= 0.6 is 8.25 Å². The Morgan fingerprint density at radius 2 is 2.20 bits per heavy atom. The van der Waals surface area contributed by atoms with Crippen LogP contribution in [0.15, 0.2) is 0 Å². The molecule has 5 heavy (non-hydrogen) atoms. The molecule has 0 aromatic heterocycles. The molecule has 0 atom stereocenters. The fourth-order valence-corrected chi connectivity index (χ4v) is 5.10. The summed E-state index contributed by atoms with van der Waals surface area (Å²) in [6.07, 6.45) is 2.95. The van der Waals surface area contributed by atoms with Crippen molar-refractivity contribution in [3.8, 4) is 0 Å². The Kier molecular flexibility index (Phi) is 1.57. The Bertz CT molecular complexity index is 33.9. The molecule has 0 unspecified atom stereocenters. The molecule has 0 spiro atoms. The van der Waals surface area contributed by atoms with Gasteiger partial charge in [-0.1, -0.05) is 0 Å². The summed E-state index contributed by atoms with van der Waals surface area (Å²) in [5.74, 6) is 0. The molecule has 0 amide bonds. The van der Waals surface area contributed by atoms with Crippen LogP contribution in [-0.4, -0.2) is 0 Å². The Labute approximate surface area is 47.8 Å². The van der Waals surface area contributed by atoms with Crippen molar-refractivity contribution in [1.29, 1.82) is 0 Å². The number of rotatable bonds is 1. The van der Waals surface area contributed by atoms with Crippen LogP contribution in [0.4, 0.5) is 0 Å². The summed E-state index contributed by atoms with van der Waals surface area (Å²) in [5.41, 5.74) is 0. The Hall–Kier alpha value is 1.23. The van der Waals surface area contributed by atoms with Gasteiger partial charge in [0.25, 0.3) is 0 Å². The van der Waals surface area contributed by atoms with Gasteiger partial charge in [0.1, 0.15) is 0 Å². The van der Waals surface area contributed by atoms with E-state index >= 15 is 0 Å². The zero-order valence-corrected chi connectivity index (χ0v) is 9.33. The van der Waals surface area contributed by atoms with E-state index in [2.05, 4.69) is 0 Å². The Balaban J connectivity index is 2.00. The maximum atomic E-state index is 5.62. The van der Waals surface area contributed by atoms with Gasteiger partial charge in [-0.05, 0) is 0 Å². The fourth-order valence-electron chi connectivity index (χ4n) is 0.272. The van der Waals surface area contributed by atoms with Crippen molar-refractivity contribution in [2.75, 3.05) is 0 Å². The molecular formula is C3H5ClHg. The van der Waals surface area contributed by atoms with E-state index in [4.69, 9.17) is 8.25 Å². The van der Waals surface area contributed by atoms with Gasteiger partial charge in [0.05, 0.1) is 0 Å². The number of hydrogen-bond donors (Lipinski definition) is 0. The molecular weight excluding hydrogens is 272 g/mol. The first-order chi connectivity index (χ1) is 2.43. The average Bonchev–Trinajstić information content (AvgIpc) is 2.12. The summed E-state index contributed by atoms with van der Waals surface area (Å²) in [6, 6.07) is 0. The molecule has 0 aromatic rings. The topological polar surface area (TPSA) is 0 Å². The molecule has 0 aliphatic heterocycles. The van der Waals surface area contributed by atoms with Gasteiger partial charge < -0.3 is 0 Å². The summed E-state index contributed by atoms with van der Waals surface area (Å²) in [4.78, 5) is 0. The van der Waals surface area contributed by atoms with E-state index in [1.165, 1.54) is 12.8 Å². The molecule has 0 nitrogen and oxygen atoms in total. The molecule has 1 saturated carbocycles. The fraction of sp³-hybridized carbons (Fsp3) is 1.00. The van der Waals surface area contributed by atoms with Crippen LogP contribution in [-0.2, 0) is 23.3 Å². The van der Waals surface area contributed by atoms with Crippen molar-refractivity contribution in [2.24, 2.45) is 0 Å². The van der Waals surface area contributed by atoms with Crippen LogP contribution in [0.5, 0.6) is 0 Å². The van der Waals surface area contributed by atoms with Crippen LogP contribution < -0.4 is 0 Å². The summed E-state index contributed by atoms with van der Waals surface area (Å²) >= 11 is -0.642. The average molecular weight is 277 g/mol. The number of hydrogen-bond acceptors (Lipinski definition) is 0. The second-order valence-electron chi connectivity index (χ2n) is 1.60. The van der Waals surface area contributed by atoms with E-state index in [0.717, 1.165) is 3.43 Å². The van der Waals surface area contributed by atoms with E-state index in [-0.39, 0.29) is 0 Å². The van der Waals surface area contributed by atoms with Gasteiger partial charge in [-0.3, -0.25) is 0 Å². The van der Waals surface area contributed by atoms with Crippen LogP contribution in [0.2, 0.25) is 3.43 Å². The molecule has 0 N–H and O–H groups in total. The molecule has 0 aromatic carbocycles. The van der Waals surface area contributed by atoms with Gasteiger partial charge in [-0.25, -0.2) is 0 Å². The maximum absolute atomic E-state index is 5.62. The molecule has 1 aliphatic carbocycles. The van der Waals surface area contributed by atoms with Crippen LogP contribution in [0, 0.1) is 0 Å². The first kappa shape index (κ1) is 4.39. The van der Waals surface area contributed by atoms with Crippen molar-refractivity contribution >= 4 is 8.25 Å². The van der Waals surface area contributed by atoms with Crippen LogP contribution in [0.3, 0.4) is 0 Å². The van der Waals surface area contributed by atoms with Crippen LogP contribution in [0.1, 0.15) is 12.8 Å². The first-order valence-electron chi connectivity index (χ1n) is 1.99. The van der Waals surface area contributed by atoms with E-state index < -0.39 is 23.3 Å². The standard InChI is InChI=1S/C3H5.ClH.Hg/c1-2-3-1;;/h1H,2-3H2;1H;/q;;+1/p-1. The van der Waals surface area contributed by atoms with Gasteiger partial charge in [0.15, 0.2) is 0 Å².